The van der Waals surface area contributed by atoms with Gasteiger partial charge >= 0.3 is 5.97 Å². The second kappa shape index (κ2) is 5.02. The molecule has 0 fully saturated rings. The summed E-state index contributed by atoms with van der Waals surface area (Å²) in [6, 6.07) is 6.95. The molecule has 0 spiro atoms. The molecular formula is C10H13NO2S. The van der Waals surface area contributed by atoms with Gasteiger partial charge in [-0.25, -0.2) is 0 Å². The first-order valence-electron chi connectivity index (χ1n) is 4.31. The fourth-order valence-electron chi connectivity index (χ4n) is 1.18. The number of hydrogen-bond acceptors (Lipinski definition) is 3. The Balaban J connectivity index is 2.67. The third-order valence-electron chi connectivity index (χ3n) is 2.02. The van der Waals surface area contributed by atoms with Crippen LogP contribution in [0.15, 0.2) is 29.2 Å². The number of thiol groups is 1. The molecule has 2 N–H and O–H groups in total. The van der Waals surface area contributed by atoms with E-state index in [2.05, 4.69) is 17.9 Å². The Morgan fingerprint density at radius 2 is 2.07 bits per heavy atom. The van der Waals surface area contributed by atoms with Crippen molar-refractivity contribution in [2.24, 2.45) is 0 Å². The number of hydrogen-bond donors (Lipinski definition) is 3. The first-order chi connectivity index (χ1) is 6.63. The first kappa shape index (κ1) is 11.1. The fourth-order valence-corrected chi connectivity index (χ4v) is 1.33. The highest BCUT2D eigenvalue weighted by Gasteiger charge is 2.14. The SMILES string of the molecule is CN[C@@H](Cc1ccc(S)cc1)C(=O)O. The number of likely N-dealkylation sites (N-methyl/N-ethyl adjacent to an activating group) is 1. The van der Waals surface area contributed by atoms with Crippen LogP contribution in [0.2, 0.25) is 0 Å². The van der Waals surface area contributed by atoms with E-state index in [4.69, 9.17) is 5.11 Å². The second-order valence-electron chi connectivity index (χ2n) is 3.05. The Labute approximate surface area is 88.6 Å². The van der Waals surface area contributed by atoms with Crippen LogP contribution in [0.5, 0.6) is 0 Å². The molecule has 1 rings (SSSR count). The van der Waals surface area contributed by atoms with Gasteiger partial charge in [0.05, 0.1) is 0 Å². The summed E-state index contributed by atoms with van der Waals surface area (Å²) in [5, 5.41) is 11.6. The minimum atomic E-state index is -0.831. The lowest BCUT2D eigenvalue weighted by Crippen LogP contribution is -2.35. The molecule has 76 valence electrons. The summed E-state index contributed by atoms with van der Waals surface area (Å²) in [6.07, 6.45) is 0.486. The number of carbonyl (C=O) groups is 1. The minimum absolute atomic E-state index is 0.486. The maximum Gasteiger partial charge on any atom is 0.321 e. The van der Waals surface area contributed by atoms with Crippen LogP contribution in [0, 0.1) is 0 Å². The third kappa shape index (κ3) is 3.05. The molecule has 0 saturated carbocycles. The molecule has 0 aliphatic rings. The van der Waals surface area contributed by atoms with Gasteiger partial charge in [0.15, 0.2) is 0 Å². The molecule has 0 aromatic heterocycles. The summed E-state index contributed by atoms with van der Waals surface area (Å²) in [4.78, 5) is 11.6. The van der Waals surface area contributed by atoms with E-state index in [1.54, 1.807) is 7.05 Å². The molecule has 3 nitrogen and oxygen atoms in total. The Hall–Kier alpha value is -1.00. The zero-order valence-corrected chi connectivity index (χ0v) is 8.79. The van der Waals surface area contributed by atoms with E-state index in [1.807, 2.05) is 24.3 Å². The zero-order valence-electron chi connectivity index (χ0n) is 7.90. The number of benzene rings is 1. The van der Waals surface area contributed by atoms with Crippen LogP contribution < -0.4 is 5.32 Å². The number of carboxylic acid groups (broad SMARTS) is 1. The lowest BCUT2D eigenvalue weighted by Gasteiger charge is -2.10. The minimum Gasteiger partial charge on any atom is -0.480 e. The molecule has 0 aliphatic heterocycles. The largest absolute Gasteiger partial charge is 0.480 e. The summed E-state index contributed by atoms with van der Waals surface area (Å²) in [7, 11) is 1.64. The molecule has 1 atom stereocenters. The van der Waals surface area contributed by atoms with Crippen molar-refractivity contribution in [2.45, 2.75) is 17.4 Å². The van der Waals surface area contributed by atoms with E-state index in [0.29, 0.717) is 6.42 Å². The van der Waals surface area contributed by atoms with E-state index < -0.39 is 12.0 Å². The normalized spacial score (nSPS) is 12.4. The Bertz CT molecular complexity index is 310. The first-order valence-corrected chi connectivity index (χ1v) is 4.76. The lowest BCUT2D eigenvalue weighted by molar-refractivity contribution is -0.139. The number of carboxylic acids is 1. The van der Waals surface area contributed by atoms with Crippen LogP contribution in [0.25, 0.3) is 0 Å². The van der Waals surface area contributed by atoms with Crippen molar-refractivity contribution in [1.29, 1.82) is 0 Å². The Morgan fingerprint density at radius 1 is 1.50 bits per heavy atom. The maximum atomic E-state index is 10.7. The smallest absolute Gasteiger partial charge is 0.321 e. The molecule has 0 radical (unpaired) electrons. The molecule has 0 amide bonds. The summed E-state index contributed by atoms with van der Waals surface area (Å²) in [6.45, 7) is 0. The second-order valence-corrected chi connectivity index (χ2v) is 3.57. The maximum absolute atomic E-state index is 10.7. The van der Waals surface area contributed by atoms with E-state index >= 15 is 0 Å². The van der Waals surface area contributed by atoms with Crippen LogP contribution in [0.4, 0.5) is 0 Å². The van der Waals surface area contributed by atoms with Crippen molar-refractivity contribution in [2.75, 3.05) is 7.05 Å². The van der Waals surface area contributed by atoms with Crippen molar-refractivity contribution < 1.29 is 9.90 Å². The van der Waals surface area contributed by atoms with Crippen molar-refractivity contribution in [1.82, 2.24) is 5.32 Å². The summed E-state index contributed by atoms with van der Waals surface area (Å²) in [5.41, 5.74) is 0.990. The number of nitrogens with one attached hydrogen (secondary N) is 1. The van der Waals surface area contributed by atoms with Gasteiger partial charge in [0, 0.05) is 4.90 Å². The monoisotopic (exact) mass is 211 g/mol. The number of rotatable bonds is 4. The van der Waals surface area contributed by atoms with Gasteiger partial charge in [-0.05, 0) is 31.2 Å². The quantitative estimate of drug-likeness (QED) is 0.656. The van der Waals surface area contributed by atoms with E-state index in [-0.39, 0.29) is 0 Å². The molecule has 0 bridgehead atoms. The average molecular weight is 211 g/mol. The van der Waals surface area contributed by atoms with Crippen molar-refractivity contribution >= 4 is 18.6 Å². The highest BCUT2D eigenvalue weighted by atomic mass is 32.1. The Morgan fingerprint density at radius 3 is 2.50 bits per heavy atom. The molecule has 0 unspecified atom stereocenters. The van der Waals surface area contributed by atoms with Crippen molar-refractivity contribution in [3.63, 3.8) is 0 Å². The predicted molar refractivity (Wildman–Crippen MR) is 57.9 cm³/mol. The molecular weight excluding hydrogens is 198 g/mol. The fraction of sp³-hybridized carbons (Fsp3) is 0.300. The molecule has 0 heterocycles. The highest BCUT2D eigenvalue weighted by Crippen LogP contribution is 2.09. The van der Waals surface area contributed by atoms with Crippen molar-refractivity contribution in [3.05, 3.63) is 29.8 Å². The van der Waals surface area contributed by atoms with E-state index in [1.165, 1.54) is 0 Å². The summed E-state index contributed by atoms with van der Waals surface area (Å²) < 4.78 is 0. The predicted octanol–water partition coefficient (Wildman–Crippen LogP) is 1.19. The van der Waals surface area contributed by atoms with Crippen LogP contribution >= 0.6 is 12.6 Å². The van der Waals surface area contributed by atoms with Crippen LogP contribution in [-0.4, -0.2) is 24.2 Å². The van der Waals surface area contributed by atoms with Gasteiger partial charge in [-0.2, -0.15) is 0 Å². The Kier molecular flexibility index (Phi) is 3.98. The topological polar surface area (TPSA) is 49.3 Å². The molecule has 14 heavy (non-hydrogen) atoms. The van der Waals surface area contributed by atoms with Crippen molar-refractivity contribution in [3.8, 4) is 0 Å². The van der Waals surface area contributed by atoms with Gasteiger partial charge in [-0.3, -0.25) is 4.79 Å². The van der Waals surface area contributed by atoms with Gasteiger partial charge < -0.3 is 10.4 Å². The summed E-state index contributed by atoms with van der Waals surface area (Å²) >= 11 is 4.15. The molecule has 1 aromatic rings. The van der Waals surface area contributed by atoms with Gasteiger partial charge in [0.25, 0.3) is 0 Å². The molecule has 0 aliphatic carbocycles. The lowest BCUT2D eigenvalue weighted by atomic mass is 10.1. The number of aliphatic carboxylic acids is 1. The van der Waals surface area contributed by atoms with Gasteiger partial charge in [-0.15, -0.1) is 12.6 Å². The molecule has 0 saturated heterocycles. The molecule has 4 heteroatoms. The van der Waals surface area contributed by atoms with Gasteiger partial charge in [-0.1, -0.05) is 12.1 Å². The standard InChI is InChI=1S/C10H13NO2S/c1-11-9(10(12)13)6-7-2-4-8(14)5-3-7/h2-5,9,11,14H,6H2,1H3,(H,12,13)/t9-/m0/s1. The van der Waals surface area contributed by atoms with Crippen LogP contribution in [-0.2, 0) is 11.2 Å². The van der Waals surface area contributed by atoms with Gasteiger partial charge in [0.2, 0.25) is 0 Å². The molecule has 1 aromatic carbocycles. The van der Waals surface area contributed by atoms with E-state index in [0.717, 1.165) is 10.5 Å². The van der Waals surface area contributed by atoms with E-state index in [9.17, 15) is 4.79 Å². The average Bonchev–Trinajstić information content (AvgIpc) is 2.16. The zero-order chi connectivity index (χ0) is 10.6. The van der Waals surface area contributed by atoms with Gasteiger partial charge in [0.1, 0.15) is 6.04 Å². The van der Waals surface area contributed by atoms with Crippen LogP contribution in [0.3, 0.4) is 0 Å². The highest BCUT2D eigenvalue weighted by molar-refractivity contribution is 7.80. The summed E-state index contributed by atoms with van der Waals surface area (Å²) in [5.74, 6) is -0.831. The third-order valence-corrected chi connectivity index (χ3v) is 2.32. The van der Waals surface area contributed by atoms with Crippen LogP contribution in [0.1, 0.15) is 5.56 Å².